The molecule has 0 bridgehead atoms. The van der Waals surface area contributed by atoms with Crippen molar-refractivity contribution in [3.8, 4) is 11.1 Å². The molecule has 156 valence electrons. The van der Waals surface area contributed by atoms with Crippen molar-refractivity contribution in [3.05, 3.63) is 83.4 Å². The van der Waals surface area contributed by atoms with E-state index in [0.29, 0.717) is 12.5 Å². The Labute approximate surface area is 184 Å². The first-order valence-electron chi connectivity index (χ1n) is 11.1. The first kappa shape index (κ1) is 21.3. The highest BCUT2D eigenvalue weighted by atomic mass is 28.3. The molecule has 1 aliphatic carbocycles. The summed E-state index contributed by atoms with van der Waals surface area (Å²) in [4.78, 5) is 0. The van der Waals surface area contributed by atoms with Gasteiger partial charge < -0.3 is 4.74 Å². The van der Waals surface area contributed by atoms with Gasteiger partial charge in [-0.1, -0.05) is 116 Å². The van der Waals surface area contributed by atoms with Gasteiger partial charge in [0, 0.05) is 5.92 Å². The third-order valence-electron chi connectivity index (χ3n) is 6.27. The molecule has 1 aliphatic rings. The van der Waals surface area contributed by atoms with Crippen LogP contribution in [-0.2, 0) is 11.3 Å². The molecule has 0 saturated heterocycles. The average molecular weight is 431 g/mol. The van der Waals surface area contributed by atoms with Crippen LogP contribution in [0.2, 0.25) is 39.3 Å². The van der Waals surface area contributed by atoms with Crippen LogP contribution >= 0.6 is 0 Å². The van der Waals surface area contributed by atoms with Crippen LogP contribution in [0, 0.1) is 0 Å². The minimum absolute atomic E-state index is 0.325. The molecule has 0 aliphatic heterocycles. The van der Waals surface area contributed by atoms with E-state index in [1.165, 1.54) is 38.2 Å². The summed E-state index contributed by atoms with van der Waals surface area (Å²) in [5.74, 6) is 0.325. The van der Waals surface area contributed by atoms with E-state index in [9.17, 15) is 0 Å². The highest BCUT2D eigenvalue weighted by Crippen LogP contribution is 2.44. The van der Waals surface area contributed by atoms with Crippen molar-refractivity contribution in [2.24, 2.45) is 0 Å². The zero-order valence-corrected chi connectivity index (χ0v) is 21.3. The Kier molecular flexibility index (Phi) is 5.64. The van der Waals surface area contributed by atoms with Gasteiger partial charge in [0.1, 0.15) is 0 Å². The molecule has 3 heteroatoms. The van der Waals surface area contributed by atoms with Crippen LogP contribution in [0.3, 0.4) is 0 Å². The van der Waals surface area contributed by atoms with E-state index in [0.717, 1.165) is 6.61 Å². The molecule has 0 unspecified atom stereocenters. The predicted octanol–water partition coefficient (Wildman–Crippen LogP) is 6.11. The summed E-state index contributed by atoms with van der Waals surface area (Å²) in [5.41, 5.74) is 6.98. The maximum Gasteiger partial charge on any atom is 0.0776 e. The molecule has 0 fully saturated rings. The summed E-state index contributed by atoms with van der Waals surface area (Å²) >= 11 is 0. The van der Waals surface area contributed by atoms with Gasteiger partial charge in [-0.15, -0.1) is 0 Å². The van der Waals surface area contributed by atoms with Crippen molar-refractivity contribution < 1.29 is 4.74 Å². The van der Waals surface area contributed by atoms with Crippen LogP contribution in [0.4, 0.5) is 0 Å². The second-order valence-corrected chi connectivity index (χ2v) is 20.8. The van der Waals surface area contributed by atoms with Crippen molar-refractivity contribution in [2.75, 3.05) is 6.61 Å². The van der Waals surface area contributed by atoms with Crippen molar-refractivity contribution in [3.63, 3.8) is 0 Å². The fourth-order valence-corrected chi connectivity index (χ4v) is 6.69. The number of rotatable bonds is 6. The smallest absolute Gasteiger partial charge is 0.0776 e. The Bertz CT molecular complexity index is 979. The molecule has 4 rings (SSSR count). The summed E-state index contributed by atoms with van der Waals surface area (Å²) in [6.07, 6.45) is 0. The molecule has 3 aromatic rings. The van der Waals surface area contributed by atoms with Crippen molar-refractivity contribution >= 4 is 26.5 Å². The summed E-state index contributed by atoms with van der Waals surface area (Å²) in [5, 5.41) is 3.07. The van der Waals surface area contributed by atoms with Gasteiger partial charge in [-0.3, -0.25) is 0 Å². The van der Waals surface area contributed by atoms with Crippen molar-refractivity contribution in [1.29, 1.82) is 0 Å². The van der Waals surface area contributed by atoms with Crippen LogP contribution in [0.1, 0.15) is 22.6 Å². The molecule has 3 aromatic carbocycles. The number of hydrogen-bond acceptors (Lipinski definition) is 1. The van der Waals surface area contributed by atoms with E-state index >= 15 is 0 Å². The summed E-state index contributed by atoms with van der Waals surface area (Å²) in [6.45, 7) is 16.0. The standard InChI is InChI=1S/C27H34OSi2/c1-29(2,3)21-12-14-23-24-15-13-22(30(4,5)6)17-26(24)27(25(23)16-21)19-28-18-20-10-8-7-9-11-20/h7-17,27H,18-19H2,1-6H3. The first-order chi connectivity index (χ1) is 14.1. The maximum atomic E-state index is 6.29. The fourth-order valence-electron chi connectivity index (χ4n) is 4.34. The van der Waals surface area contributed by atoms with Gasteiger partial charge in [0.05, 0.1) is 29.4 Å². The minimum atomic E-state index is -1.37. The van der Waals surface area contributed by atoms with Crippen molar-refractivity contribution in [1.82, 2.24) is 0 Å². The first-order valence-corrected chi connectivity index (χ1v) is 18.1. The average Bonchev–Trinajstić information content (AvgIpc) is 3.00. The van der Waals surface area contributed by atoms with E-state index in [2.05, 4.69) is 106 Å². The highest BCUT2D eigenvalue weighted by Gasteiger charge is 2.32. The molecule has 1 nitrogen and oxygen atoms in total. The topological polar surface area (TPSA) is 9.23 Å². The number of ether oxygens (including phenoxy) is 1. The van der Waals surface area contributed by atoms with Gasteiger partial charge in [0.2, 0.25) is 0 Å². The van der Waals surface area contributed by atoms with Gasteiger partial charge in [-0.05, 0) is 27.8 Å². The lowest BCUT2D eigenvalue weighted by atomic mass is 9.98. The van der Waals surface area contributed by atoms with Crippen LogP contribution < -0.4 is 10.4 Å². The number of fused-ring (bicyclic) bond motifs is 3. The zero-order chi connectivity index (χ0) is 21.5. The molecular weight excluding hydrogens is 396 g/mol. The largest absolute Gasteiger partial charge is 0.376 e. The monoisotopic (exact) mass is 430 g/mol. The van der Waals surface area contributed by atoms with Gasteiger partial charge in [0.25, 0.3) is 0 Å². The summed E-state index contributed by atoms with van der Waals surface area (Å²) < 4.78 is 6.29. The van der Waals surface area contributed by atoms with Crippen LogP contribution in [0.5, 0.6) is 0 Å². The van der Waals surface area contributed by atoms with Crippen molar-refractivity contribution in [2.45, 2.75) is 51.8 Å². The summed E-state index contributed by atoms with van der Waals surface area (Å²) in [6, 6.07) is 25.0. The molecule has 0 saturated carbocycles. The van der Waals surface area contributed by atoms with E-state index in [4.69, 9.17) is 4.74 Å². The van der Waals surface area contributed by atoms with Gasteiger partial charge >= 0.3 is 0 Å². The van der Waals surface area contributed by atoms with E-state index < -0.39 is 16.1 Å². The quantitative estimate of drug-likeness (QED) is 0.429. The van der Waals surface area contributed by atoms with Gasteiger partial charge in [0.15, 0.2) is 0 Å². The predicted molar refractivity (Wildman–Crippen MR) is 136 cm³/mol. The molecule has 0 heterocycles. The highest BCUT2D eigenvalue weighted by molar-refractivity contribution is 6.89. The van der Waals surface area contributed by atoms with Crippen LogP contribution in [0.15, 0.2) is 66.7 Å². The number of hydrogen-bond donors (Lipinski definition) is 0. The molecule has 0 N–H and O–H groups in total. The Morgan fingerprint density at radius 1 is 0.667 bits per heavy atom. The van der Waals surface area contributed by atoms with Crippen LogP contribution in [0.25, 0.3) is 11.1 Å². The van der Waals surface area contributed by atoms with E-state index in [1.54, 1.807) is 0 Å². The third kappa shape index (κ3) is 4.25. The van der Waals surface area contributed by atoms with Gasteiger partial charge in [-0.25, -0.2) is 0 Å². The Morgan fingerprint density at radius 2 is 1.17 bits per heavy atom. The normalized spacial score (nSPS) is 13.9. The van der Waals surface area contributed by atoms with Crippen LogP contribution in [-0.4, -0.2) is 22.8 Å². The molecular formula is C27H34OSi2. The third-order valence-corrected chi connectivity index (χ3v) is 10.4. The molecule has 0 aromatic heterocycles. The molecule has 0 amide bonds. The van der Waals surface area contributed by atoms with E-state index in [1.807, 2.05) is 0 Å². The Hall–Kier alpha value is -1.95. The molecule has 0 atom stereocenters. The Morgan fingerprint density at radius 3 is 1.63 bits per heavy atom. The van der Waals surface area contributed by atoms with E-state index in [-0.39, 0.29) is 0 Å². The molecule has 30 heavy (non-hydrogen) atoms. The fraction of sp³-hybridized carbons (Fsp3) is 0.333. The molecule has 0 spiro atoms. The number of benzene rings is 3. The summed E-state index contributed by atoms with van der Waals surface area (Å²) in [7, 11) is -2.74. The van der Waals surface area contributed by atoms with Gasteiger partial charge in [-0.2, -0.15) is 0 Å². The zero-order valence-electron chi connectivity index (χ0n) is 19.3. The second kappa shape index (κ2) is 7.95. The lowest BCUT2D eigenvalue weighted by Gasteiger charge is -2.21. The lowest BCUT2D eigenvalue weighted by molar-refractivity contribution is 0.115. The maximum absolute atomic E-state index is 6.29. The SMILES string of the molecule is C[Si](C)(C)c1ccc2c(c1)C(COCc1ccccc1)c1cc([Si](C)(C)C)ccc1-2. The Balaban J connectivity index is 1.71. The minimum Gasteiger partial charge on any atom is -0.376 e. The second-order valence-electron chi connectivity index (χ2n) is 10.7. The lowest BCUT2D eigenvalue weighted by Crippen LogP contribution is -2.38. The molecule has 0 radical (unpaired) electrons.